The number of carbonyl (C=O) groups excluding carboxylic acids is 1. The number of hydrogen-bond donors (Lipinski definition) is 4. The first-order chi connectivity index (χ1) is 14.0. The fourth-order valence-electron chi connectivity index (χ4n) is 5.11. The van der Waals surface area contributed by atoms with Gasteiger partial charge in [0.25, 0.3) is 15.9 Å². The zero-order chi connectivity index (χ0) is 21.4. The molecule has 2 aliphatic carbocycles. The molecule has 5 rings (SSSR count). The monoisotopic (exact) mass is 472 g/mol. The molecule has 0 unspecified atom stereocenters. The van der Waals surface area contributed by atoms with E-state index in [1.165, 1.54) is 5.38 Å². The molecule has 2 fully saturated rings. The smallest absolute Gasteiger partial charge is 0.287 e. The van der Waals surface area contributed by atoms with E-state index in [1.54, 1.807) is 0 Å². The molecule has 2 bridgehead atoms. The lowest BCUT2D eigenvalue weighted by Gasteiger charge is -2.36. The normalized spacial score (nSPS) is 31.6. The second-order valence-corrected chi connectivity index (χ2v) is 12.4. The predicted octanol–water partition coefficient (Wildman–Crippen LogP) is 0.667. The van der Waals surface area contributed by atoms with E-state index in [-0.39, 0.29) is 57.1 Å². The zero-order valence-electron chi connectivity index (χ0n) is 15.9. The topological polar surface area (TPSA) is 154 Å². The van der Waals surface area contributed by atoms with Crippen molar-refractivity contribution in [2.75, 3.05) is 11.6 Å². The molecule has 1 aromatic rings. The minimum atomic E-state index is -4.20. The van der Waals surface area contributed by atoms with Gasteiger partial charge < -0.3 is 15.7 Å². The van der Waals surface area contributed by atoms with E-state index in [0.29, 0.717) is 5.92 Å². The Kier molecular flexibility index (Phi) is 4.34. The average molecular weight is 473 g/mol. The number of amidine groups is 1. The van der Waals surface area contributed by atoms with Gasteiger partial charge in [0.2, 0.25) is 10.0 Å². The SMILES string of the molecule is CS(=O)(=O)NCc1csc2c1S(=O)(=O)N=C(C1=C(O)[C@@H]3[C@@H]4CC[C@@H](C4)[C@@H]3NC1=O)N2. The fraction of sp³-hybridized carbons (Fsp3) is 0.529. The molecule has 4 atom stereocenters. The summed E-state index contributed by atoms with van der Waals surface area (Å²) in [5.74, 6) is -0.460. The first-order valence-electron chi connectivity index (χ1n) is 9.46. The molecular weight excluding hydrogens is 452 g/mol. The fourth-order valence-corrected chi connectivity index (χ4v) is 8.14. The van der Waals surface area contributed by atoms with Gasteiger partial charge in [0, 0.05) is 24.1 Å². The van der Waals surface area contributed by atoms with E-state index in [1.807, 2.05) is 0 Å². The highest BCUT2D eigenvalue weighted by atomic mass is 32.2. The Bertz CT molecular complexity index is 1230. The quantitative estimate of drug-likeness (QED) is 0.502. The molecule has 2 aliphatic heterocycles. The second-order valence-electron chi connectivity index (χ2n) is 8.17. The van der Waals surface area contributed by atoms with Crippen LogP contribution in [0.1, 0.15) is 24.8 Å². The van der Waals surface area contributed by atoms with Gasteiger partial charge >= 0.3 is 0 Å². The van der Waals surface area contributed by atoms with Crippen molar-refractivity contribution < 1.29 is 26.7 Å². The van der Waals surface area contributed by atoms with Gasteiger partial charge in [-0.15, -0.1) is 15.7 Å². The summed E-state index contributed by atoms with van der Waals surface area (Å²) in [4.78, 5) is 12.6. The van der Waals surface area contributed by atoms with Crippen LogP contribution in [0.15, 0.2) is 26.0 Å². The van der Waals surface area contributed by atoms with Gasteiger partial charge in [0.15, 0.2) is 5.84 Å². The molecule has 4 N–H and O–H groups in total. The minimum absolute atomic E-state index is 0.101. The minimum Gasteiger partial charge on any atom is -0.511 e. The number of thiophene rings is 1. The van der Waals surface area contributed by atoms with E-state index < -0.39 is 26.0 Å². The van der Waals surface area contributed by atoms with E-state index in [0.717, 1.165) is 36.9 Å². The van der Waals surface area contributed by atoms with E-state index in [9.17, 15) is 26.7 Å². The third-order valence-electron chi connectivity index (χ3n) is 6.29. The predicted molar refractivity (Wildman–Crippen MR) is 110 cm³/mol. The highest BCUT2D eigenvalue weighted by Crippen LogP contribution is 2.52. The lowest BCUT2D eigenvalue weighted by atomic mass is 9.79. The molecule has 0 aromatic carbocycles. The van der Waals surface area contributed by atoms with Crippen LogP contribution in [-0.2, 0) is 31.4 Å². The van der Waals surface area contributed by atoms with Crippen LogP contribution < -0.4 is 15.4 Å². The van der Waals surface area contributed by atoms with Crippen molar-refractivity contribution in [3.8, 4) is 0 Å². The summed E-state index contributed by atoms with van der Waals surface area (Å²) >= 11 is 1.06. The van der Waals surface area contributed by atoms with Crippen molar-refractivity contribution in [2.45, 2.75) is 36.7 Å². The molecule has 0 radical (unpaired) electrons. The summed E-state index contributed by atoms with van der Waals surface area (Å²) in [6, 6.07) is -0.119. The number of anilines is 1. The molecule has 1 aromatic heterocycles. The maximum absolute atomic E-state index is 12.9. The summed E-state index contributed by atoms with van der Waals surface area (Å²) in [5.41, 5.74) is 0.123. The van der Waals surface area contributed by atoms with Crippen molar-refractivity contribution >= 4 is 48.1 Å². The van der Waals surface area contributed by atoms with Crippen LogP contribution in [0, 0.1) is 17.8 Å². The van der Waals surface area contributed by atoms with Crippen molar-refractivity contribution in [3.05, 3.63) is 22.3 Å². The lowest BCUT2D eigenvalue weighted by molar-refractivity contribution is -0.119. The summed E-state index contributed by atoms with van der Waals surface area (Å²) in [6.45, 7) is -0.197. The number of fused-ring (bicyclic) bond motifs is 6. The largest absolute Gasteiger partial charge is 0.511 e. The average Bonchev–Trinajstić information content (AvgIpc) is 3.33. The standard InChI is InChI=1S/C17H20N4O6S3/c1-29(24,25)18-5-9-6-28-17-14(9)30(26,27)21-15(20-17)11-13(22)10-7-2-3-8(4-7)12(10)19-16(11)23/h6-8,10,12,18,22H,2-5H2,1H3,(H,19,23)(H,20,21)/t7-,8+,10-,12+/m1/s1. The number of aliphatic hydroxyl groups is 1. The van der Waals surface area contributed by atoms with Gasteiger partial charge in [-0.3, -0.25) is 4.79 Å². The Morgan fingerprint density at radius 2 is 2.07 bits per heavy atom. The van der Waals surface area contributed by atoms with Gasteiger partial charge in [-0.2, -0.15) is 8.42 Å². The van der Waals surface area contributed by atoms with Crippen molar-refractivity contribution in [1.29, 1.82) is 0 Å². The molecule has 1 amide bonds. The van der Waals surface area contributed by atoms with Gasteiger partial charge in [-0.25, -0.2) is 13.1 Å². The van der Waals surface area contributed by atoms with E-state index >= 15 is 0 Å². The summed E-state index contributed by atoms with van der Waals surface area (Å²) < 4.78 is 54.5. The van der Waals surface area contributed by atoms with E-state index in [4.69, 9.17) is 0 Å². The molecule has 10 nitrogen and oxygen atoms in total. The van der Waals surface area contributed by atoms with Crippen molar-refractivity contribution in [2.24, 2.45) is 22.2 Å². The summed E-state index contributed by atoms with van der Waals surface area (Å²) in [6.07, 6.45) is 3.92. The number of hydrogen-bond acceptors (Lipinski definition) is 8. The number of carbonyl (C=O) groups is 1. The Balaban J connectivity index is 1.52. The van der Waals surface area contributed by atoms with Crippen LogP contribution >= 0.6 is 11.3 Å². The van der Waals surface area contributed by atoms with Crippen molar-refractivity contribution in [3.63, 3.8) is 0 Å². The summed E-state index contributed by atoms with van der Waals surface area (Å²) in [5, 5.41) is 18.5. The summed E-state index contributed by atoms with van der Waals surface area (Å²) in [7, 11) is -7.71. The molecule has 4 aliphatic rings. The highest BCUT2D eigenvalue weighted by molar-refractivity contribution is 7.91. The molecule has 2 saturated carbocycles. The van der Waals surface area contributed by atoms with E-state index in [2.05, 4.69) is 19.8 Å². The first kappa shape index (κ1) is 20.0. The van der Waals surface area contributed by atoms with Crippen LogP contribution in [-0.4, -0.2) is 46.0 Å². The van der Waals surface area contributed by atoms with Gasteiger partial charge in [-0.1, -0.05) is 0 Å². The second kappa shape index (κ2) is 6.52. The van der Waals surface area contributed by atoms with Gasteiger partial charge in [0.05, 0.1) is 6.26 Å². The number of rotatable bonds is 4. The number of aliphatic hydroxyl groups excluding tert-OH is 1. The molecular formula is C17H20N4O6S3. The highest BCUT2D eigenvalue weighted by Gasteiger charge is 2.54. The van der Waals surface area contributed by atoms with Crippen LogP contribution in [0.25, 0.3) is 0 Å². The molecule has 0 saturated heterocycles. The van der Waals surface area contributed by atoms with Crippen LogP contribution in [0.3, 0.4) is 0 Å². The Morgan fingerprint density at radius 3 is 2.80 bits per heavy atom. The molecule has 13 heteroatoms. The molecule has 3 heterocycles. The maximum Gasteiger partial charge on any atom is 0.287 e. The number of sulfonamides is 2. The Morgan fingerprint density at radius 1 is 1.33 bits per heavy atom. The molecule has 162 valence electrons. The number of amides is 1. The number of nitrogens with one attached hydrogen (secondary N) is 3. The number of nitrogens with zero attached hydrogens (tertiary/aromatic N) is 1. The van der Waals surface area contributed by atoms with Crippen LogP contribution in [0.4, 0.5) is 5.00 Å². The Hall–Kier alpha value is -1.96. The lowest BCUT2D eigenvalue weighted by Crippen LogP contribution is -2.51. The zero-order valence-corrected chi connectivity index (χ0v) is 18.3. The van der Waals surface area contributed by atoms with Gasteiger partial charge in [0.1, 0.15) is 21.2 Å². The molecule has 0 spiro atoms. The third-order valence-corrected chi connectivity index (χ3v) is 9.44. The third kappa shape index (κ3) is 3.06. The molecule has 30 heavy (non-hydrogen) atoms. The first-order valence-corrected chi connectivity index (χ1v) is 13.7. The maximum atomic E-state index is 12.9. The van der Waals surface area contributed by atoms with Crippen LogP contribution in [0.2, 0.25) is 0 Å². The van der Waals surface area contributed by atoms with Gasteiger partial charge in [-0.05, 0) is 36.5 Å². The van der Waals surface area contributed by atoms with Crippen LogP contribution in [0.5, 0.6) is 0 Å². The Labute approximate surface area is 177 Å². The van der Waals surface area contributed by atoms with Crippen molar-refractivity contribution in [1.82, 2.24) is 10.0 Å².